The molecule has 0 radical (unpaired) electrons. The molecule has 0 bridgehead atoms. The summed E-state index contributed by atoms with van der Waals surface area (Å²) in [4.78, 5) is 12.4. The van der Waals surface area contributed by atoms with Crippen LogP contribution >= 0.6 is 0 Å². The molecule has 140 valence electrons. The Morgan fingerprint density at radius 2 is 2.08 bits per heavy atom. The standard InChI is InChI=1S/C17H21N3O5S/c1-13-4-6-15(7-5-13)26(22,23)20(11-14-3-2-9-24-14)12-17(21)18-16-8-10-25-19-16/h4-8,10,14H,2-3,9,11-12H2,1H3,(H,18,19,21)/t14-/m0/s1. The molecule has 1 aromatic heterocycles. The van der Waals surface area contributed by atoms with E-state index in [4.69, 9.17) is 4.74 Å². The van der Waals surface area contributed by atoms with Crippen LogP contribution in [0.5, 0.6) is 0 Å². The van der Waals surface area contributed by atoms with Crippen molar-refractivity contribution in [3.63, 3.8) is 0 Å². The summed E-state index contributed by atoms with van der Waals surface area (Å²) in [6.07, 6.45) is 2.76. The molecule has 2 aromatic rings. The van der Waals surface area contributed by atoms with Crippen LogP contribution in [0.4, 0.5) is 5.82 Å². The second-order valence-electron chi connectivity index (χ2n) is 6.18. The van der Waals surface area contributed by atoms with Crippen LogP contribution in [0.1, 0.15) is 18.4 Å². The predicted octanol–water partition coefficient (Wildman–Crippen LogP) is 1.79. The van der Waals surface area contributed by atoms with E-state index in [-0.39, 0.29) is 29.9 Å². The number of hydrogen-bond donors (Lipinski definition) is 1. The largest absolute Gasteiger partial charge is 0.377 e. The highest BCUT2D eigenvalue weighted by molar-refractivity contribution is 7.89. The van der Waals surface area contributed by atoms with Crippen molar-refractivity contribution in [2.45, 2.75) is 30.8 Å². The van der Waals surface area contributed by atoms with Crippen molar-refractivity contribution in [2.24, 2.45) is 0 Å². The van der Waals surface area contributed by atoms with Gasteiger partial charge < -0.3 is 14.6 Å². The summed E-state index contributed by atoms with van der Waals surface area (Å²) in [5, 5.41) is 6.12. The Balaban J connectivity index is 1.79. The fourth-order valence-corrected chi connectivity index (χ4v) is 4.17. The Hall–Kier alpha value is -2.23. The summed E-state index contributed by atoms with van der Waals surface area (Å²) >= 11 is 0. The number of amides is 1. The van der Waals surface area contributed by atoms with Gasteiger partial charge in [-0.2, -0.15) is 4.31 Å². The third-order valence-corrected chi connectivity index (χ3v) is 5.94. The van der Waals surface area contributed by atoms with E-state index in [1.807, 2.05) is 6.92 Å². The van der Waals surface area contributed by atoms with Gasteiger partial charge >= 0.3 is 0 Å². The van der Waals surface area contributed by atoms with Gasteiger partial charge in [-0.1, -0.05) is 22.9 Å². The molecule has 0 saturated carbocycles. The maximum atomic E-state index is 13.0. The summed E-state index contributed by atoms with van der Waals surface area (Å²) in [6, 6.07) is 8.03. The number of carbonyl (C=O) groups excluding carboxylic acids is 1. The lowest BCUT2D eigenvalue weighted by atomic mass is 10.2. The first-order chi connectivity index (χ1) is 12.4. The van der Waals surface area contributed by atoms with Crippen LogP contribution in [0.2, 0.25) is 0 Å². The molecule has 3 rings (SSSR count). The summed E-state index contributed by atoms with van der Waals surface area (Å²) in [5.74, 6) is -0.257. The van der Waals surface area contributed by atoms with Gasteiger partial charge in [0.05, 0.1) is 17.5 Å². The summed E-state index contributed by atoms with van der Waals surface area (Å²) in [5.41, 5.74) is 0.957. The molecule has 8 nitrogen and oxygen atoms in total. The van der Waals surface area contributed by atoms with Crippen LogP contribution in [-0.2, 0) is 19.6 Å². The highest BCUT2D eigenvalue weighted by Gasteiger charge is 2.30. The lowest BCUT2D eigenvalue weighted by Gasteiger charge is -2.24. The number of rotatable bonds is 7. The van der Waals surface area contributed by atoms with E-state index in [0.29, 0.717) is 6.61 Å². The Bertz CT molecular complexity index is 828. The summed E-state index contributed by atoms with van der Waals surface area (Å²) in [7, 11) is -3.83. The summed E-state index contributed by atoms with van der Waals surface area (Å²) in [6.45, 7) is 2.28. The fourth-order valence-electron chi connectivity index (χ4n) is 2.74. The molecule has 0 aliphatic carbocycles. The number of ether oxygens (including phenoxy) is 1. The first-order valence-corrected chi connectivity index (χ1v) is 9.78. The zero-order valence-electron chi connectivity index (χ0n) is 14.4. The number of anilines is 1. The average Bonchev–Trinajstić information content (AvgIpc) is 3.28. The third kappa shape index (κ3) is 4.48. The van der Waals surface area contributed by atoms with Crippen molar-refractivity contribution < 1.29 is 22.5 Å². The quantitative estimate of drug-likeness (QED) is 0.787. The molecule has 1 aliphatic rings. The normalized spacial score (nSPS) is 17.5. The molecule has 1 amide bonds. The van der Waals surface area contributed by atoms with E-state index < -0.39 is 15.9 Å². The Labute approximate surface area is 152 Å². The van der Waals surface area contributed by atoms with Crippen LogP contribution in [0.3, 0.4) is 0 Å². The maximum Gasteiger partial charge on any atom is 0.243 e. The molecule has 1 aromatic carbocycles. The number of benzene rings is 1. The molecular weight excluding hydrogens is 358 g/mol. The number of aromatic nitrogens is 1. The van der Waals surface area contributed by atoms with Crippen molar-refractivity contribution in [3.8, 4) is 0 Å². The van der Waals surface area contributed by atoms with E-state index >= 15 is 0 Å². The molecule has 1 N–H and O–H groups in total. The van der Waals surface area contributed by atoms with Crippen molar-refractivity contribution in [2.75, 3.05) is 25.0 Å². The Morgan fingerprint density at radius 3 is 2.69 bits per heavy atom. The number of carbonyl (C=O) groups is 1. The van der Waals surface area contributed by atoms with Crippen molar-refractivity contribution in [1.29, 1.82) is 0 Å². The SMILES string of the molecule is Cc1ccc(S(=O)(=O)N(CC(=O)Nc2ccon2)C[C@@H]2CCCO2)cc1. The molecule has 1 atom stereocenters. The Kier molecular flexibility index (Phi) is 5.70. The van der Waals surface area contributed by atoms with Crippen LogP contribution in [0.15, 0.2) is 46.0 Å². The molecule has 1 saturated heterocycles. The van der Waals surface area contributed by atoms with Crippen LogP contribution < -0.4 is 5.32 Å². The number of aryl methyl sites for hydroxylation is 1. The van der Waals surface area contributed by atoms with Crippen LogP contribution in [-0.4, -0.2) is 49.6 Å². The van der Waals surface area contributed by atoms with Gasteiger partial charge in [0.1, 0.15) is 6.26 Å². The second kappa shape index (κ2) is 7.98. The van der Waals surface area contributed by atoms with E-state index in [9.17, 15) is 13.2 Å². The molecule has 1 fully saturated rings. The minimum absolute atomic E-state index is 0.127. The smallest absolute Gasteiger partial charge is 0.243 e. The third-order valence-electron chi connectivity index (χ3n) is 4.12. The maximum absolute atomic E-state index is 13.0. The predicted molar refractivity (Wildman–Crippen MR) is 94.0 cm³/mol. The molecule has 2 heterocycles. The van der Waals surface area contributed by atoms with Gasteiger partial charge in [-0.25, -0.2) is 8.42 Å². The minimum Gasteiger partial charge on any atom is -0.377 e. The summed E-state index contributed by atoms with van der Waals surface area (Å²) < 4.78 is 37.4. The van der Waals surface area contributed by atoms with Crippen molar-refractivity contribution in [3.05, 3.63) is 42.2 Å². The Morgan fingerprint density at radius 1 is 1.31 bits per heavy atom. The number of sulfonamides is 1. The molecule has 26 heavy (non-hydrogen) atoms. The van der Waals surface area contributed by atoms with Gasteiger partial charge in [-0.15, -0.1) is 0 Å². The number of hydrogen-bond acceptors (Lipinski definition) is 6. The lowest BCUT2D eigenvalue weighted by molar-refractivity contribution is -0.116. The minimum atomic E-state index is -3.83. The van der Waals surface area contributed by atoms with E-state index in [1.54, 1.807) is 24.3 Å². The van der Waals surface area contributed by atoms with Crippen LogP contribution in [0.25, 0.3) is 0 Å². The van der Waals surface area contributed by atoms with E-state index in [1.165, 1.54) is 12.3 Å². The first-order valence-electron chi connectivity index (χ1n) is 8.34. The lowest BCUT2D eigenvalue weighted by Crippen LogP contribution is -2.42. The molecule has 9 heteroatoms. The van der Waals surface area contributed by atoms with Gasteiger partial charge in [-0.05, 0) is 31.9 Å². The fraction of sp³-hybridized carbons (Fsp3) is 0.412. The van der Waals surface area contributed by atoms with Gasteiger partial charge in [0.15, 0.2) is 5.82 Å². The average molecular weight is 379 g/mol. The topological polar surface area (TPSA) is 102 Å². The van der Waals surface area contributed by atoms with Gasteiger partial charge in [0.2, 0.25) is 15.9 Å². The molecule has 1 aliphatic heterocycles. The van der Waals surface area contributed by atoms with E-state index in [0.717, 1.165) is 22.7 Å². The monoisotopic (exact) mass is 379 g/mol. The van der Waals surface area contributed by atoms with E-state index in [2.05, 4.69) is 15.0 Å². The highest BCUT2D eigenvalue weighted by atomic mass is 32.2. The first kappa shape index (κ1) is 18.6. The molecular formula is C17H21N3O5S. The molecule has 0 spiro atoms. The van der Waals surface area contributed by atoms with Gasteiger partial charge in [0, 0.05) is 19.2 Å². The zero-order valence-corrected chi connectivity index (χ0v) is 15.2. The van der Waals surface area contributed by atoms with Gasteiger partial charge in [-0.3, -0.25) is 4.79 Å². The van der Waals surface area contributed by atoms with Crippen molar-refractivity contribution >= 4 is 21.7 Å². The highest BCUT2D eigenvalue weighted by Crippen LogP contribution is 2.20. The molecule has 0 unspecified atom stereocenters. The second-order valence-corrected chi connectivity index (χ2v) is 8.12. The van der Waals surface area contributed by atoms with Crippen molar-refractivity contribution in [1.82, 2.24) is 9.46 Å². The van der Waals surface area contributed by atoms with Crippen LogP contribution in [0, 0.1) is 6.92 Å². The zero-order chi connectivity index (χ0) is 18.6. The number of nitrogens with one attached hydrogen (secondary N) is 1. The van der Waals surface area contributed by atoms with Gasteiger partial charge in [0.25, 0.3) is 0 Å². The number of nitrogens with zero attached hydrogens (tertiary/aromatic N) is 2.